The highest BCUT2D eigenvalue weighted by atomic mass is 35.5. The summed E-state index contributed by atoms with van der Waals surface area (Å²) < 4.78 is 0. The van der Waals surface area contributed by atoms with Crippen molar-refractivity contribution in [1.29, 1.82) is 0 Å². The highest BCUT2D eigenvalue weighted by Gasteiger charge is 1.95. The molecule has 47 valence electrons. The van der Waals surface area contributed by atoms with Crippen LogP contribution in [0.2, 0.25) is 5.02 Å². The van der Waals surface area contributed by atoms with Crippen LogP contribution in [0.5, 0.6) is 5.75 Å². The van der Waals surface area contributed by atoms with Crippen LogP contribution in [0.15, 0.2) is 23.1 Å². The Hall–Kier alpha value is -0.470. The maximum Gasteiger partial charge on any atom is 0.134 e. The molecule has 0 fully saturated rings. The van der Waals surface area contributed by atoms with Gasteiger partial charge in [-0.2, -0.15) is 0 Å². The van der Waals surface area contributed by atoms with Gasteiger partial charge in [0.2, 0.25) is 0 Å². The number of halogens is 1. The Morgan fingerprint density at radius 1 is 1.44 bits per heavy atom. The molecule has 1 aromatic rings. The van der Waals surface area contributed by atoms with Crippen LogP contribution in [0.25, 0.3) is 0 Å². The molecule has 0 aliphatic rings. The number of phenolic OH excluding ortho intramolecular Hbond substituents is 1. The first-order chi connectivity index (χ1) is 4.20. The van der Waals surface area contributed by atoms with E-state index in [-0.39, 0.29) is 5.75 Å². The minimum Gasteiger partial charge on any atom is -0.506 e. The van der Waals surface area contributed by atoms with Crippen LogP contribution < -0.4 is 0 Å². The van der Waals surface area contributed by atoms with Crippen LogP contribution in [0.4, 0.5) is 0 Å². The second-order valence-corrected chi connectivity index (χ2v) is 2.49. The molecule has 0 amide bonds. The molecule has 1 radical (unpaired) electrons. The SMILES string of the molecule is Oc1ccc([S])cc1Cl. The Kier molecular flexibility index (Phi) is 1.78. The average Bonchev–Trinajstić information content (AvgIpc) is 1.80. The maximum absolute atomic E-state index is 8.87. The Bertz CT molecular complexity index is 224. The first kappa shape index (κ1) is 6.65. The number of rotatable bonds is 0. The molecule has 0 bridgehead atoms. The van der Waals surface area contributed by atoms with Gasteiger partial charge in [0.25, 0.3) is 0 Å². The van der Waals surface area contributed by atoms with Gasteiger partial charge in [0.15, 0.2) is 0 Å². The van der Waals surface area contributed by atoms with Gasteiger partial charge >= 0.3 is 0 Å². The lowest BCUT2D eigenvalue weighted by molar-refractivity contribution is 0.475. The second kappa shape index (κ2) is 2.42. The van der Waals surface area contributed by atoms with Crippen molar-refractivity contribution in [1.82, 2.24) is 0 Å². The lowest BCUT2D eigenvalue weighted by Crippen LogP contribution is -1.67. The number of aromatic hydroxyl groups is 1. The van der Waals surface area contributed by atoms with Crippen LogP contribution in [-0.4, -0.2) is 5.11 Å². The van der Waals surface area contributed by atoms with Crippen LogP contribution in [0.1, 0.15) is 0 Å². The van der Waals surface area contributed by atoms with E-state index in [1.165, 1.54) is 12.1 Å². The Morgan fingerprint density at radius 3 is 2.56 bits per heavy atom. The summed E-state index contributed by atoms with van der Waals surface area (Å²) >= 11 is 10.3. The summed E-state index contributed by atoms with van der Waals surface area (Å²) in [4.78, 5) is 0.637. The van der Waals surface area contributed by atoms with Gasteiger partial charge in [-0.25, -0.2) is 0 Å². The van der Waals surface area contributed by atoms with Crippen molar-refractivity contribution < 1.29 is 5.11 Å². The van der Waals surface area contributed by atoms with E-state index in [0.717, 1.165) is 0 Å². The van der Waals surface area contributed by atoms with Gasteiger partial charge in [-0.15, -0.1) is 0 Å². The normalized spacial score (nSPS) is 9.44. The molecule has 9 heavy (non-hydrogen) atoms. The Labute approximate surface area is 63.7 Å². The molecule has 3 heteroatoms. The van der Waals surface area contributed by atoms with Crippen molar-refractivity contribution in [2.45, 2.75) is 4.90 Å². The molecule has 0 saturated carbocycles. The van der Waals surface area contributed by atoms with Gasteiger partial charge in [0.1, 0.15) is 5.75 Å². The topological polar surface area (TPSA) is 20.2 Å². The molecule has 1 aromatic carbocycles. The molecule has 0 aliphatic heterocycles. The molecular weight excluding hydrogens is 156 g/mol. The van der Waals surface area contributed by atoms with Crippen molar-refractivity contribution in [3.63, 3.8) is 0 Å². The van der Waals surface area contributed by atoms with Crippen molar-refractivity contribution in [3.8, 4) is 5.75 Å². The predicted octanol–water partition coefficient (Wildman–Crippen LogP) is 2.60. The number of hydrogen-bond donors (Lipinski definition) is 1. The van der Waals surface area contributed by atoms with Crippen molar-refractivity contribution in [2.75, 3.05) is 0 Å². The maximum atomic E-state index is 8.87. The van der Waals surface area contributed by atoms with E-state index in [0.29, 0.717) is 9.92 Å². The lowest BCUT2D eigenvalue weighted by Gasteiger charge is -1.93. The number of benzene rings is 1. The summed E-state index contributed by atoms with van der Waals surface area (Å²) in [5, 5.41) is 9.17. The molecule has 1 rings (SSSR count). The molecule has 0 heterocycles. The summed E-state index contributed by atoms with van der Waals surface area (Å²) in [6.07, 6.45) is 0. The highest BCUT2D eigenvalue weighted by Crippen LogP contribution is 2.24. The van der Waals surface area contributed by atoms with Crippen molar-refractivity contribution in [3.05, 3.63) is 23.2 Å². The monoisotopic (exact) mass is 159 g/mol. The van der Waals surface area contributed by atoms with E-state index in [1.807, 2.05) is 0 Å². The number of hydrogen-bond acceptors (Lipinski definition) is 1. The summed E-state index contributed by atoms with van der Waals surface area (Å²) in [5.41, 5.74) is 0. The van der Waals surface area contributed by atoms with Crippen LogP contribution in [0.3, 0.4) is 0 Å². The molecule has 1 nitrogen and oxygen atoms in total. The highest BCUT2D eigenvalue weighted by molar-refractivity contribution is 7.80. The summed E-state index contributed by atoms with van der Waals surface area (Å²) in [6.45, 7) is 0. The molecule has 0 atom stereocenters. The van der Waals surface area contributed by atoms with Crippen LogP contribution >= 0.6 is 24.2 Å². The first-order valence-electron chi connectivity index (χ1n) is 2.35. The minimum absolute atomic E-state index is 0.0743. The van der Waals surface area contributed by atoms with E-state index in [1.54, 1.807) is 6.07 Å². The molecule has 1 N–H and O–H groups in total. The van der Waals surface area contributed by atoms with Gasteiger partial charge in [-0.05, 0) is 18.2 Å². The molecule has 0 unspecified atom stereocenters. The quantitative estimate of drug-likeness (QED) is 0.617. The van der Waals surface area contributed by atoms with E-state index in [2.05, 4.69) is 0 Å². The van der Waals surface area contributed by atoms with E-state index >= 15 is 0 Å². The van der Waals surface area contributed by atoms with Gasteiger partial charge < -0.3 is 5.11 Å². The zero-order valence-electron chi connectivity index (χ0n) is 4.47. The molecule has 0 saturated heterocycles. The summed E-state index contributed by atoms with van der Waals surface area (Å²) in [5.74, 6) is 0.0743. The zero-order valence-corrected chi connectivity index (χ0v) is 6.04. The number of phenols is 1. The van der Waals surface area contributed by atoms with Gasteiger partial charge in [-0.1, -0.05) is 24.2 Å². The van der Waals surface area contributed by atoms with Gasteiger partial charge in [-0.3, -0.25) is 0 Å². The standard InChI is InChI=1S/C6H4ClOS/c7-5-3-4(9)1-2-6(5)8/h1-3,8H. The third kappa shape index (κ3) is 1.47. The second-order valence-electron chi connectivity index (χ2n) is 1.61. The van der Waals surface area contributed by atoms with Gasteiger partial charge in [0.05, 0.1) is 5.02 Å². The molecule has 0 aliphatic carbocycles. The third-order valence-electron chi connectivity index (χ3n) is 0.919. The smallest absolute Gasteiger partial charge is 0.134 e. The zero-order chi connectivity index (χ0) is 6.85. The van der Waals surface area contributed by atoms with Gasteiger partial charge in [0, 0.05) is 4.90 Å². The molecule has 0 aromatic heterocycles. The fourth-order valence-corrected chi connectivity index (χ4v) is 0.919. The van der Waals surface area contributed by atoms with E-state index < -0.39 is 0 Å². The summed E-state index contributed by atoms with van der Waals surface area (Å²) in [6, 6.07) is 4.63. The fourth-order valence-electron chi connectivity index (χ4n) is 0.488. The minimum atomic E-state index is 0.0743. The fraction of sp³-hybridized carbons (Fsp3) is 0. The Morgan fingerprint density at radius 2 is 2.11 bits per heavy atom. The molecule has 0 spiro atoms. The van der Waals surface area contributed by atoms with Crippen molar-refractivity contribution >= 4 is 24.2 Å². The Balaban J connectivity index is 3.17. The van der Waals surface area contributed by atoms with Crippen LogP contribution in [0, 0.1) is 0 Å². The van der Waals surface area contributed by atoms with E-state index in [9.17, 15) is 0 Å². The largest absolute Gasteiger partial charge is 0.506 e. The third-order valence-corrected chi connectivity index (χ3v) is 1.48. The summed E-state index contributed by atoms with van der Waals surface area (Å²) in [7, 11) is 0. The van der Waals surface area contributed by atoms with E-state index in [4.69, 9.17) is 29.3 Å². The predicted molar refractivity (Wildman–Crippen MR) is 39.0 cm³/mol. The lowest BCUT2D eigenvalue weighted by atomic mass is 10.3. The first-order valence-corrected chi connectivity index (χ1v) is 3.14. The average molecular weight is 160 g/mol. The van der Waals surface area contributed by atoms with Crippen molar-refractivity contribution in [2.24, 2.45) is 0 Å². The van der Waals surface area contributed by atoms with Crippen LogP contribution in [-0.2, 0) is 0 Å². The molecular formula is C6H4ClOS.